The largest absolute Gasteiger partial charge is 0.392 e. The maximum absolute atomic E-state index is 13.4. The topological polar surface area (TPSA) is 57.6 Å². The Morgan fingerprint density at radius 2 is 1.78 bits per heavy atom. The summed E-state index contributed by atoms with van der Waals surface area (Å²) in [5.41, 5.74) is 1.87. The number of hydrogen-bond donors (Lipinski definition) is 1. The molecule has 1 N–H and O–H groups in total. The summed E-state index contributed by atoms with van der Waals surface area (Å²) in [7, 11) is 0. The van der Waals surface area contributed by atoms with Gasteiger partial charge < -0.3 is 5.11 Å². The van der Waals surface area contributed by atoms with Crippen LogP contribution in [0, 0.1) is 17.8 Å². The molecule has 1 aromatic rings. The van der Waals surface area contributed by atoms with Crippen LogP contribution in [-0.2, 0) is 9.59 Å². The molecule has 2 saturated heterocycles. The molecule has 4 nitrogen and oxygen atoms in total. The Labute approximate surface area is 167 Å². The Balaban J connectivity index is 1.54. The number of benzene rings is 1. The molecular formula is C21H23NO3S2. The van der Waals surface area contributed by atoms with Gasteiger partial charge in [-0.1, -0.05) is 24.3 Å². The first kappa shape index (κ1) is 17.8. The number of thioether (sulfide) groups is 2. The molecule has 4 atom stereocenters. The summed E-state index contributed by atoms with van der Waals surface area (Å²) in [6, 6.07) is 9.20. The number of anilines is 1. The highest BCUT2D eigenvalue weighted by Crippen LogP contribution is 2.60. The van der Waals surface area contributed by atoms with Gasteiger partial charge in [-0.25, -0.2) is 0 Å². The van der Waals surface area contributed by atoms with Gasteiger partial charge in [-0.3, -0.25) is 14.5 Å². The van der Waals surface area contributed by atoms with Gasteiger partial charge in [-0.2, -0.15) is 0 Å². The van der Waals surface area contributed by atoms with E-state index in [4.69, 9.17) is 0 Å². The van der Waals surface area contributed by atoms with E-state index in [1.165, 1.54) is 16.9 Å². The molecule has 2 heterocycles. The Kier molecular flexibility index (Phi) is 4.41. The molecule has 2 aliphatic carbocycles. The van der Waals surface area contributed by atoms with E-state index in [2.05, 4.69) is 6.08 Å². The van der Waals surface area contributed by atoms with Crippen LogP contribution >= 0.6 is 23.5 Å². The summed E-state index contributed by atoms with van der Waals surface area (Å²) >= 11 is 3.96. The lowest BCUT2D eigenvalue weighted by molar-refractivity contribution is -0.124. The number of nitrogens with zero attached hydrogens (tertiary/aromatic N) is 1. The number of imide groups is 1. The fraction of sp³-hybridized carbons (Fsp3) is 0.524. The van der Waals surface area contributed by atoms with E-state index in [1.807, 2.05) is 53.9 Å². The van der Waals surface area contributed by atoms with Crippen LogP contribution < -0.4 is 4.90 Å². The maximum Gasteiger partial charge on any atom is 0.238 e. The fourth-order valence-electron chi connectivity index (χ4n) is 5.22. The number of rotatable bonds is 1. The van der Waals surface area contributed by atoms with Gasteiger partial charge in [0.2, 0.25) is 11.8 Å². The highest BCUT2D eigenvalue weighted by molar-refractivity contribution is 8.19. The van der Waals surface area contributed by atoms with E-state index in [0.29, 0.717) is 18.5 Å². The number of para-hydroxylation sites is 1. The van der Waals surface area contributed by atoms with Gasteiger partial charge in [0.15, 0.2) is 0 Å². The first-order valence-corrected chi connectivity index (χ1v) is 11.7. The van der Waals surface area contributed by atoms with Crippen LogP contribution in [0.2, 0.25) is 0 Å². The zero-order valence-electron chi connectivity index (χ0n) is 15.0. The molecule has 1 saturated carbocycles. The van der Waals surface area contributed by atoms with Crippen LogP contribution in [0.5, 0.6) is 0 Å². The monoisotopic (exact) mass is 401 g/mol. The van der Waals surface area contributed by atoms with Crippen LogP contribution in [0.15, 0.2) is 42.0 Å². The minimum atomic E-state index is -0.537. The van der Waals surface area contributed by atoms with Gasteiger partial charge >= 0.3 is 0 Å². The molecule has 4 aliphatic rings. The lowest BCUT2D eigenvalue weighted by atomic mass is 9.66. The third-order valence-corrected chi connectivity index (χ3v) is 9.92. The van der Waals surface area contributed by atoms with Crippen LogP contribution in [-0.4, -0.2) is 38.6 Å². The van der Waals surface area contributed by atoms with Crippen molar-refractivity contribution in [2.45, 2.75) is 35.9 Å². The van der Waals surface area contributed by atoms with Gasteiger partial charge in [0.1, 0.15) is 0 Å². The number of carbonyl (C=O) groups is 2. The summed E-state index contributed by atoms with van der Waals surface area (Å²) in [6.07, 6.45) is 5.14. The lowest BCUT2D eigenvalue weighted by Gasteiger charge is -2.50. The Bertz CT molecular complexity index is 803. The molecule has 0 aromatic heterocycles. The zero-order valence-corrected chi connectivity index (χ0v) is 16.7. The van der Waals surface area contributed by atoms with Crippen LogP contribution in [0.3, 0.4) is 0 Å². The quantitative estimate of drug-likeness (QED) is 0.577. The van der Waals surface area contributed by atoms with Crippen molar-refractivity contribution in [3.05, 3.63) is 42.0 Å². The molecule has 1 aromatic carbocycles. The number of amides is 2. The minimum absolute atomic E-state index is 0.00336. The SMILES string of the molecule is O=C1[C@@H]2[C@H]3C(=CC[C@@H]2C(=O)N1c1ccccc1)C1(CC[C@H]3O)SCCCS1. The van der Waals surface area contributed by atoms with Gasteiger partial charge in [0, 0.05) is 5.92 Å². The predicted molar refractivity (Wildman–Crippen MR) is 110 cm³/mol. The number of fused-ring (bicyclic) bond motifs is 4. The van der Waals surface area contributed by atoms with Gasteiger partial charge in [-0.15, -0.1) is 23.5 Å². The number of hydrogen-bond acceptors (Lipinski definition) is 5. The molecule has 27 heavy (non-hydrogen) atoms. The maximum atomic E-state index is 13.4. The van der Waals surface area contributed by atoms with E-state index in [-0.39, 0.29) is 27.7 Å². The summed E-state index contributed by atoms with van der Waals surface area (Å²) in [4.78, 5) is 27.8. The first-order chi connectivity index (χ1) is 13.1. The van der Waals surface area contributed by atoms with Crippen molar-refractivity contribution < 1.29 is 14.7 Å². The van der Waals surface area contributed by atoms with Crippen LogP contribution in [0.1, 0.15) is 25.7 Å². The van der Waals surface area contributed by atoms with Crippen molar-refractivity contribution in [3.8, 4) is 0 Å². The number of allylic oxidation sites excluding steroid dienone is 1. The average molecular weight is 402 g/mol. The van der Waals surface area contributed by atoms with Crippen molar-refractivity contribution in [1.82, 2.24) is 0 Å². The summed E-state index contributed by atoms with van der Waals surface area (Å²) < 4.78 is -0.00336. The molecule has 1 spiro atoms. The minimum Gasteiger partial charge on any atom is -0.392 e. The van der Waals surface area contributed by atoms with Gasteiger partial charge in [-0.05, 0) is 54.9 Å². The summed E-state index contributed by atoms with van der Waals surface area (Å²) in [5.74, 6) is 1.04. The third-order valence-electron chi connectivity index (χ3n) is 6.41. The van der Waals surface area contributed by atoms with Crippen molar-refractivity contribution in [3.63, 3.8) is 0 Å². The highest BCUT2D eigenvalue weighted by atomic mass is 32.2. The summed E-state index contributed by atoms with van der Waals surface area (Å²) in [5, 5.41) is 10.9. The molecule has 3 fully saturated rings. The Morgan fingerprint density at radius 3 is 2.52 bits per heavy atom. The molecule has 5 rings (SSSR count). The Morgan fingerprint density at radius 1 is 1.04 bits per heavy atom. The van der Waals surface area contributed by atoms with Crippen molar-refractivity contribution >= 4 is 41.0 Å². The van der Waals surface area contributed by atoms with E-state index in [0.717, 1.165) is 17.9 Å². The second-order valence-corrected chi connectivity index (χ2v) is 10.9. The second kappa shape index (κ2) is 6.68. The van der Waals surface area contributed by atoms with Gasteiger partial charge in [0.25, 0.3) is 0 Å². The predicted octanol–water partition coefficient (Wildman–Crippen LogP) is 3.46. The standard InChI is InChI=1S/C21H23NO3S2/c23-16-9-10-21(26-11-4-12-27-21)15-8-7-14-17(18(15)16)20(25)22(19(14)24)13-5-2-1-3-6-13/h1-3,5-6,8,14,16-18,23H,4,7,9-12H2/t14-,16+,17-,18-/m0/s1. The molecule has 6 heteroatoms. The van der Waals surface area contributed by atoms with E-state index >= 15 is 0 Å². The highest BCUT2D eigenvalue weighted by Gasteiger charge is 2.59. The van der Waals surface area contributed by atoms with Gasteiger partial charge in [0.05, 0.1) is 27.7 Å². The number of aliphatic hydroxyl groups is 1. The molecule has 142 valence electrons. The van der Waals surface area contributed by atoms with E-state index in [9.17, 15) is 14.7 Å². The molecule has 0 bridgehead atoms. The molecule has 0 radical (unpaired) electrons. The fourth-order valence-corrected chi connectivity index (χ4v) is 8.77. The first-order valence-electron chi connectivity index (χ1n) is 9.72. The molecule has 2 aliphatic heterocycles. The molecule has 2 amide bonds. The smallest absolute Gasteiger partial charge is 0.238 e. The average Bonchev–Trinajstić information content (AvgIpc) is 2.97. The molecule has 0 unspecified atom stereocenters. The third kappa shape index (κ3) is 2.64. The Hall–Kier alpha value is -1.24. The van der Waals surface area contributed by atoms with Crippen molar-refractivity contribution in [2.24, 2.45) is 17.8 Å². The summed E-state index contributed by atoms with van der Waals surface area (Å²) in [6.45, 7) is 0. The van der Waals surface area contributed by atoms with Crippen LogP contribution in [0.4, 0.5) is 5.69 Å². The second-order valence-electron chi connectivity index (χ2n) is 7.81. The van der Waals surface area contributed by atoms with Crippen LogP contribution in [0.25, 0.3) is 0 Å². The van der Waals surface area contributed by atoms with Crippen molar-refractivity contribution in [2.75, 3.05) is 16.4 Å². The zero-order chi connectivity index (χ0) is 18.6. The van der Waals surface area contributed by atoms with E-state index < -0.39 is 12.0 Å². The number of carbonyl (C=O) groups excluding carboxylic acids is 2. The molecular weight excluding hydrogens is 378 g/mol. The lowest BCUT2D eigenvalue weighted by Crippen LogP contribution is -2.49. The van der Waals surface area contributed by atoms with Crippen molar-refractivity contribution in [1.29, 1.82) is 0 Å². The normalized spacial score (nSPS) is 35.0. The number of aliphatic hydroxyl groups excluding tert-OH is 1. The van der Waals surface area contributed by atoms with E-state index in [1.54, 1.807) is 0 Å².